The molecule has 3 heteroatoms. The SMILES string of the molecule is C/C(=C/C/C=C\C#N)[C@H]1CC[C@]2(C)[C@@H]([C@H](C)CCCC(C)C)CC[C@H]2[C@@H]1CC(=O)O. The summed E-state index contributed by atoms with van der Waals surface area (Å²) in [7, 11) is 0. The molecule has 6 atom stereocenters. The molecule has 0 aromatic heterocycles. The van der Waals surface area contributed by atoms with E-state index < -0.39 is 5.97 Å². The molecule has 30 heavy (non-hydrogen) atoms. The van der Waals surface area contributed by atoms with Gasteiger partial charge in [-0.15, -0.1) is 0 Å². The first kappa shape index (κ1) is 24.7. The Morgan fingerprint density at radius 1 is 1.23 bits per heavy atom. The van der Waals surface area contributed by atoms with Gasteiger partial charge in [-0.1, -0.05) is 64.7 Å². The molecule has 0 unspecified atom stereocenters. The number of carboxylic acid groups (broad SMARTS) is 1. The minimum Gasteiger partial charge on any atom is -0.481 e. The summed E-state index contributed by atoms with van der Waals surface area (Å²) >= 11 is 0. The maximum atomic E-state index is 11.8. The van der Waals surface area contributed by atoms with Gasteiger partial charge in [-0.2, -0.15) is 5.26 Å². The third kappa shape index (κ3) is 5.99. The fraction of sp³-hybridized carbons (Fsp3) is 0.778. The number of hydrogen-bond acceptors (Lipinski definition) is 2. The molecule has 0 heterocycles. The Morgan fingerprint density at radius 2 is 1.97 bits per heavy atom. The molecule has 3 nitrogen and oxygen atoms in total. The van der Waals surface area contributed by atoms with Crippen molar-refractivity contribution in [3.8, 4) is 6.07 Å². The van der Waals surface area contributed by atoms with Crippen LogP contribution in [0.4, 0.5) is 0 Å². The molecular formula is C27H43NO2. The van der Waals surface area contributed by atoms with E-state index in [-0.39, 0.29) is 11.3 Å². The van der Waals surface area contributed by atoms with Crippen LogP contribution in [-0.2, 0) is 4.79 Å². The van der Waals surface area contributed by atoms with Crippen molar-refractivity contribution in [3.05, 3.63) is 23.8 Å². The van der Waals surface area contributed by atoms with Crippen molar-refractivity contribution in [3.63, 3.8) is 0 Å². The largest absolute Gasteiger partial charge is 0.481 e. The number of carbonyl (C=O) groups is 1. The van der Waals surface area contributed by atoms with E-state index in [1.165, 1.54) is 50.2 Å². The van der Waals surface area contributed by atoms with E-state index in [9.17, 15) is 9.90 Å². The van der Waals surface area contributed by atoms with E-state index in [1.807, 2.05) is 12.1 Å². The molecule has 0 aliphatic heterocycles. The third-order valence-corrected chi connectivity index (χ3v) is 8.40. The fourth-order valence-electron chi connectivity index (χ4n) is 6.89. The van der Waals surface area contributed by atoms with E-state index in [0.717, 1.165) is 30.6 Å². The predicted molar refractivity (Wildman–Crippen MR) is 124 cm³/mol. The van der Waals surface area contributed by atoms with Gasteiger partial charge in [0.1, 0.15) is 0 Å². The standard InChI is InChI=1S/C27H43NO2/c1-19(2)10-9-12-21(4)24-13-14-25-23(18-26(29)30)22(15-16-27(24,25)5)20(3)11-7-6-8-17-28/h6,8,11,19,21-25H,7,9-10,12-16,18H2,1-5H3,(H,29,30)/b8-6-,20-11-/t21-,22-,23-,24-,25+,27-/m1/s1. The van der Waals surface area contributed by atoms with Crippen LogP contribution in [0.2, 0.25) is 0 Å². The summed E-state index contributed by atoms with van der Waals surface area (Å²) < 4.78 is 0. The number of rotatable bonds is 10. The Kier molecular flexibility index (Phi) is 9.20. The van der Waals surface area contributed by atoms with Crippen LogP contribution >= 0.6 is 0 Å². The lowest BCUT2D eigenvalue weighted by atomic mass is 9.54. The van der Waals surface area contributed by atoms with Gasteiger partial charge in [-0.3, -0.25) is 4.79 Å². The van der Waals surface area contributed by atoms with Gasteiger partial charge in [0, 0.05) is 12.5 Å². The highest BCUT2D eigenvalue weighted by atomic mass is 16.4. The second-order valence-electron chi connectivity index (χ2n) is 10.7. The Bertz CT molecular complexity index is 671. The van der Waals surface area contributed by atoms with Crippen LogP contribution in [0.15, 0.2) is 23.8 Å². The Morgan fingerprint density at radius 3 is 2.60 bits per heavy atom. The normalized spacial score (nSPS) is 32.9. The average Bonchev–Trinajstić information content (AvgIpc) is 3.02. The summed E-state index contributed by atoms with van der Waals surface area (Å²) in [6, 6.07) is 2.04. The van der Waals surface area contributed by atoms with E-state index in [1.54, 1.807) is 0 Å². The molecule has 0 aromatic carbocycles. The second kappa shape index (κ2) is 11.2. The van der Waals surface area contributed by atoms with E-state index >= 15 is 0 Å². The summed E-state index contributed by atoms with van der Waals surface area (Å²) in [5, 5.41) is 18.4. The molecular weight excluding hydrogens is 370 g/mol. The molecule has 2 fully saturated rings. The number of carboxylic acids is 1. The van der Waals surface area contributed by atoms with Gasteiger partial charge in [0.2, 0.25) is 0 Å². The minimum atomic E-state index is -0.653. The smallest absolute Gasteiger partial charge is 0.303 e. The molecule has 168 valence electrons. The van der Waals surface area contributed by atoms with Crippen molar-refractivity contribution in [1.29, 1.82) is 5.26 Å². The first-order valence-corrected chi connectivity index (χ1v) is 12.1. The highest BCUT2D eigenvalue weighted by Gasteiger charge is 2.55. The number of aliphatic carboxylic acids is 1. The summed E-state index contributed by atoms with van der Waals surface area (Å²) in [6.07, 6.45) is 15.4. The molecule has 2 aliphatic carbocycles. The van der Waals surface area contributed by atoms with Crippen LogP contribution in [0.3, 0.4) is 0 Å². The van der Waals surface area contributed by atoms with E-state index in [2.05, 4.69) is 40.7 Å². The average molecular weight is 414 g/mol. The molecule has 0 radical (unpaired) electrons. The maximum Gasteiger partial charge on any atom is 0.303 e. The van der Waals surface area contributed by atoms with Gasteiger partial charge in [0.15, 0.2) is 0 Å². The fourth-order valence-corrected chi connectivity index (χ4v) is 6.89. The number of nitriles is 1. The van der Waals surface area contributed by atoms with Gasteiger partial charge < -0.3 is 5.11 Å². The summed E-state index contributed by atoms with van der Waals surface area (Å²) in [4.78, 5) is 11.8. The van der Waals surface area contributed by atoms with Crippen molar-refractivity contribution in [2.45, 2.75) is 92.4 Å². The highest BCUT2D eigenvalue weighted by Crippen LogP contribution is 2.62. The molecule has 1 N–H and O–H groups in total. The first-order chi connectivity index (χ1) is 14.2. The number of hydrogen-bond donors (Lipinski definition) is 1. The molecule has 2 aliphatic rings. The maximum absolute atomic E-state index is 11.8. The Balaban J connectivity index is 2.16. The second-order valence-corrected chi connectivity index (χ2v) is 10.7. The molecule has 0 spiro atoms. The lowest BCUT2D eigenvalue weighted by Gasteiger charge is -2.50. The Labute approximate surface area is 184 Å². The topological polar surface area (TPSA) is 61.1 Å². The molecule has 2 saturated carbocycles. The van der Waals surface area contributed by atoms with Crippen LogP contribution in [0.5, 0.6) is 0 Å². The zero-order valence-corrected chi connectivity index (χ0v) is 19.9. The number of fused-ring (bicyclic) bond motifs is 1. The third-order valence-electron chi connectivity index (χ3n) is 8.40. The zero-order chi connectivity index (χ0) is 22.3. The van der Waals surface area contributed by atoms with Crippen LogP contribution in [-0.4, -0.2) is 11.1 Å². The van der Waals surface area contributed by atoms with Crippen molar-refractivity contribution in [1.82, 2.24) is 0 Å². The van der Waals surface area contributed by atoms with Crippen molar-refractivity contribution < 1.29 is 9.90 Å². The minimum absolute atomic E-state index is 0.241. The lowest BCUT2D eigenvalue weighted by Crippen LogP contribution is -2.43. The summed E-state index contributed by atoms with van der Waals surface area (Å²) in [5.74, 6) is 2.71. The lowest BCUT2D eigenvalue weighted by molar-refractivity contribution is -0.140. The summed E-state index contributed by atoms with van der Waals surface area (Å²) in [5.41, 5.74) is 1.61. The van der Waals surface area contributed by atoms with Gasteiger partial charge in [0.05, 0.1) is 6.07 Å². The van der Waals surface area contributed by atoms with Crippen LogP contribution in [0.1, 0.15) is 92.4 Å². The predicted octanol–water partition coefficient (Wildman–Crippen LogP) is 7.40. The van der Waals surface area contributed by atoms with Gasteiger partial charge >= 0.3 is 5.97 Å². The molecule has 0 aromatic rings. The first-order valence-electron chi connectivity index (χ1n) is 12.1. The van der Waals surface area contributed by atoms with Crippen molar-refractivity contribution in [2.75, 3.05) is 0 Å². The van der Waals surface area contributed by atoms with Gasteiger partial charge in [0.25, 0.3) is 0 Å². The van der Waals surface area contributed by atoms with Gasteiger partial charge in [-0.05, 0) is 80.0 Å². The molecule has 2 rings (SSSR count). The highest BCUT2D eigenvalue weighted by molar-refractivity contribution is 5.67. The van der Waals surface area contributed by atoms with Crippen LogP contribution in [0.25, 0.3) is 0 Å². The zero-order valence-electron chi connectivity index (χ0n) is 19.9. The van der Waals surface area contributed by atoms with Crippen molar-refractivity contribution >= 4 is 5.97 Å². The summed E-state index contributed by atoms with van der Waals surface area (Å²) in [6.45, 7) is 11.7. The molecule has 0 amide bonds. The molecule has 0 bridgehead atoms. The van der Waals surface area contributed by atoms with Crippen molar-refractivity contribution in [2.24, 2.45) is 40.9 Å². The van der Waals surface area contributed by atoms with Crippen LogP contribution < -0.4 is 0 Å². The molecule has 0 saturated heterocycles. The van der Waals surface area contributed by atoms with Gasteiger partial charge in [-0.25, -0.2) is 0 Å². The van der Waals surface area contributed by atoms with Crippen LogP contribution in [0, 0.1) is 52.3 Å². The monoisotopic (exact) mass is 413 g/mol. The number of allylic oxidation sites excluding steroid dienone is 4. The van der Waals surface area contributed by atoms with E-state index in [0.29, 0.717) is 18.3 Å². The van der Waals surface area contributed by atoms with E-state index in [4.69, 9.17) is 5.26 Å². The quantitative estimate of drug-likeness (QED) is 0.300. The Hall–Kier alpha value is -1.56. The number of nitrogens with zero attached hydrogens (tertiary/aromatic N) is 1.